The summed E-state index contributed by atoms with van der Waals surface area (Å²) in [4.78, 5) is 16.4. The number of amides is 1. The summed E-state index contributed by atoms with van der Waals surface area (Å²) < 4.78 is 10.2. The van der Waals surface area contributed by atoms with Gasteiger partial charge in [-0.1, -0.05) is 12.1 Å². The SMILES string of the molecule is COCCNc1cc(C(=O)NCCc2cccc(OC)c2)ccn1. The summed E-state index contributed by atoms with van der Waals surface area (Å²) in [6.07, 6.45) is 2.36. The lowest BCUT2D eigenvalue weighted by atomic mass is 10.1. The second-order valence-corrected chi connectivity index (χ2v) is 5.21. The highest BCUT2D eigenvalue weighted by Gasteiger charge is 2.06. The average Bonchev–Trinajstić information content (AvgIpc) is 2.62. The molecule has 1 aromatic heterocycles. The van der Waals surface area contributed by atoms with Gasteiger partial charge in [-0.05, 0) is 36.2 Å². The van der Waals surface area contributed by atoms with Crippen molar-refractivity contribution in [2.75, 3.05) is 39.2 Å². The van der Waals surface area contributed by atoms with Crippen molar-refractivity contribution in [1.29, 1.82) is 0 Å². The summed E-state index contributed by atoms with van der Waals surface area (Å²) in [5, 5.41) is 6.02. The quantitative estimate of drug-likeness (QED) is 0.690. The first-order valence-corrected chi connectivity index (χ1v) is 7.83. The number of rotatable bonds is 9. The number of carbonyl (C=O) groups is 1. The molecule has 6 nitrogen and oxygen atoms in total. The van der Waals surface area contributed by atoms with E-state index in [0.717, 1.165) is 17.7 Å². The molecule has 6 heteroatoms. The molecular weight excluding hydrogens is 306 g/mol. The van der Waals surface area contributed by atoms with Crippen molar-refractivity contribution in [2.45, 2.75) is 6.42 Å². The van der Waals surface area contributed by atoms with Crippen molar-refractivity contribution in [3.8, 4) is 5.75 Å². The van der Waals surface area contributed by atoms with Gasteiger partial charge in [0.25, 0.3) is 5.91 Å². The number of methoxy groups -OCH3 is 2. The fourth-order valence-corrected chi connectivity index (χ4v) is 2.20. The highest BCUT2D eigenvalue weighted by atomic mass is 16.5. The molecule has 2 aromatic rings. The Labute approximate surface area is 142 Å². The number of nitrogens with zero attached hydrogens (tertiary/aromatic N) is 1. The summed E-state index contributed by atoms with van der Waals surface area (Å²) >= 11 is 0. The van der Waals surface area contributed by atoms with E-state index in [-0.39, 0.29) is 5.91 Å². The molecule has 0 unspecified atom stereocenters. The van der Waals surface area contributed by atoms with Crippen LogP contribution < -0.4 is 15.4 Å². The lowest BCUT2D eigenvalue weighted by molar-refractivity contribution is 0.0954. The van der Waals surface area contributed by atoms with Crippen molar-refractivity contribution in [3.63, 3.8) is 0 Å². The van der Waals surface area contributed by atoms with Gasteiger partial charge < -0.3 is 20.1 Å². The molecule has 0 saturated carbocycles. The summed E-state index contributed by atoms with van der Waals surface area (Å²) in [5.41, 5.74) is 1.70. The minimum atomic E-state index is -0.116. The second kappa shape index (κ2) is 9.52. The Morgan fingerprint density at radius 2 is 2.04 bits per heavy atom. The second-order valence-electron chi connectivity index (χ2n) is 5.21. The topological polar surface area (TPSA) is 72.5 Å². The van der Waals surface area contributed by atoms with Crippen molar-refractivity contribution in [1.82, 2.24) is 10.3 Å². The molecule has 0 saturated heterocycles. The Hall–Kier alpha value is -2.60. The highest BCUT2D eigenvalue weighted by molar-refractivity contribution is 5.94. The van der Waals surface area contributed by atoms with Crippen LogP contribution in [-0.2, 0) is 11.2 Å². The van der Waals surface area contributed by atoms with Gasteiger partial charge in [0.15, 0.2) is 0 Å². The number of hydrogen-bond donors (Lipinski definition) is 2. The Balaban J connectivity index is 1.84. The third-order valence-electron chi connectivity index (χ3n) is 3.47. The number of anilines is 1. The van der Waals surface area contributed by atoms with Gasteiger partial charge in [-0.2, -0.15) is 0 Å². The van der Waals surface area contributed by atoms with Gasteiger partial charge in [0.2, 0.25) is 0 Å². The van der Waals surface area contributed by atoms with Crippen molar-refractivity contribution >= 4 is 11.7 Å². The van der Waals surface area contributed by atoms with Gasteiger partial charge in [0.1, 0.15) is 11.6 Å². The van der Waals surface area contributed by atoms with E-state index in [1.54, 1.807) is 32.5 Å². The van der Waals surface area contributed by atoms with E-state index in [0.29, 0.717) is 31.1 Å². The zero-order valence-electron chi connectivity index (χ0n) is 14.0. The number of carbonyl (C=O) groups excluding carboxylic acids is 1. The summed E-state index contributed by atoms with van der Waals surface area (Å²) in [6.45, 7) is 1.78. The van der Waals surface area contributed by atoms with Crippen LogP contribution in [-0.4, -0.2) is 44.8 Å². The highest BCUT2D eigenvalue weighted by Crippen LogP contribution is 2.12. The maximum absolute atomic E-state index is 12.2. The van der Waals surface area contributed by atoms with Crippen LogP contribution in [0.15, 0.2) is 42.6 Å². The average molecular weight is 329 g/mol. The van der Waals surface area contributed by atoms with E-state index in [4.69, 9.17) is 9.47 Å². The van der Waals surface area contributed by atoms with E-state index >= 15 is 0 Å². The molecule has 0 atom stereocenters. The zero-order chi connectivity index (χ0) is 17.2. The first-order chi connectivity index (χ1) is 11.7. The van der Waals surface area contributed by atoms with Gasteiger partial charge in [0, 0.05) is 32.0 Å². The number of hydrogen-bond acceptors (Lipinski definition) is 5. The molecule has 24 heavy (non-hydrogen) atoms. The van der Waals surface area contributed by atoms with Crippen LogP contribution in [0.4, 0.5) is 5.82 Å². The minimum absolute atomic E-state index is 0.116. The molecule has 0 fully saturated rings. The van der Waals surface area contributed by atoms with Crippen molar-refractivity contribution < 1.29 is 14.3 Å². The van der Waals surface area contributed by atoms with Gasteiger partial charge in [-0.3, -0.25) is 4.79 Å². The van der Waals surface area contributed by atoms with Crippen molar-refractivity contribution in [2.24, 2.45) is 0 Å². The Bertz CT molecular complexity index is 661. The Morgan fingerprint density at radius 3 is 2.83 bits per heavy atom. The molecule has 0 radical (unpaired) electrons. The van der Waals surface area contributed by atoms with Crippen LogP contribution in [0.2, 0.25) is 0 Å². The monoisotopic (exact) mass is 329 g/mol. The predicted octanol–water partition coefficient (Wildman–Crippen LogP) is 2.12. The summed E-state index contributed by atoms with van der Waals surface area (Å²) in [6, 6.07) is 11.3. The lowest BCUT2D eigenvalue weighted by Gasteiger charge is -2.08. The van der Waals surface area contributed by atoms with Crippen LogP contribution in [0.25, 0.3) is 0 Å². The smallest absolute Gasteiger partial charge is 0.251 e. The number of aromatic nitrogens is 1. The number of pyridine rings is 1. The van der Waals surface area contributed by atoms with E-state index in [1.165, 1.54) is 0 Å². The number of benzene rings is 1. The van der Waals surface area contributed by atoms with E-state index in [1.807, 2.05) is 24.3 Å². The van der Waals surface area contributed by atoms with E-state index in [2.05, 4.69) is 15.6 Å². The molecule has 128 valence electrons. The van der Waals surface area contributed by atoms with E-state index in [9.17, 15) is 4.79 Å². The minimum Gasteiger partial charge on any atom is -0.497 e. The molecule has 1 amide bonds. The molecule has 0 aliphatic rings. The third-order valence-corrected chi connectivity index (χ3v) is 3.47. The van der Waals surface area contributed by atoms with Crippen LogP contribution in [0.1, 0.15) is 15.9 Å². The molecule has 1 heterocycles. The maximum Gasteiger partial charge on any atom is 0.251 e. The van der Waals surface area contributed by atoms with Gasteiger partial charge in [-0.15, -0.1) is 0 Å². The summed E-state index contributed by atoms with van der Waals surface area (Å²) in [5.74, 6) is 1.36. The number of ether oxygens (including phenoxy) is 2. The van der Waals surface area contributed by atoms with E-state index < -0.39 is 0 Å². The first-order valence-electron chi connectivity index (χ1n) is 7.83. The van der Waals surface area contributed by atoms with Crippen LogP contribution in [0.3, 0.4) is 0 Å². The fourth-order valence-electron chi connectivity index (χ4n) is 2.20. The van der Waals surface area contributed by atoms with Crippen LogP contribution in [0.5, 0.6) is 5.75 Å². The molecule has 2 N–H and O–H groups in total. The Kier molecular flexibility index (Phi) is 7.04. The van der Waals surface area contributed by atoms with Gasteiger partial charge >= 0.3 is 0 Å². The predicted molar refractivity (Wildman–Crippen MR) is 93.6 cm³/mol. The normalized spacial score (nSPS) is 10.2. The van der Waals surface area contributed by atoms with Crippen molar-refractivity contribution in [3.05, 3.63) is 53.7 Å². The molecular formula is C18H23N3O3. The molecule has 0 bridgehead atoms. The maximum atomic E-state index is 12.2. The number of nitrogens with one attached hydrogen (secondary N) is 2. The van der Waals surface area contributed by atoms with Gasteiger partial charge in [-0.25, -0.2) is 4.98 Å². The van der Waals surface area contributed by atoms with Gasteiger partial charge in [0.05, 0.1) is 13.7 Å². The van der Waals surface area contributed by atoms with Crippen LogP contribution >= 0.6 is 0 Å². The summed E-state index contributed by atoms with van der Waals surface area (Å²) in [7, 11) is 3.28. The lowest BCUT2D eigenvalue weighted by Crippen LogP contribution is -2.25. The molecule has 0 aliphatic heterocycles. The Morgan fingerprint density at radius 1 is 1.17 bits per heavy atom. The standard InChI is InChI=1S/C18H23N3O3/c1-23-11-10-20-17-13-15(7-9-19-17)18(22)21-8-6-14-4-3-5-16(12-14)24-2/h3-5,7,9,12-13H,6,8,10-11H2,1-2H3,(H,19,20)(H,21,22). The first kappa shape index (κ1) is 17.7. The fraction of sp³-hybridized carbons (Fsp3) is 0.333. The third kappa shape index (κ3) is 5.55. The van der Waals surface area contributed by atoms with Crippen LogP contribution in [0, 0.1) is 0 Å². The zero-order valence-corrected chi connectivity index (χ0v) is 14.0. The molecule has 0 aliphatic carbocycles. The molecule has 2 rings (SSSR count). The molecule has 0 spiro atoms. The largest absolute Gasteiger partial charge is 0.497 e. The molecule has 1 aromatic carbocycles.